The van der Waals surface area contributed by atoms with E-state index in [4.69, 9.17) is 4.74 Å². The molecule has 0 radical (unpaired) electrons. The summed E-state index contributed by atoms with van der Waals surface area (Å²) in [7, 11) is -3.39. The highest BCUT2D eigenvalue weighted by Gasteiger charge is 2.14. The van der Waals surface area contributed by atoms with Gasteiger partial charge in [0.2, 0.25) is 0 Å². The highest BCUT2D eigenvalue weighted by molar-refractivity contribution is 7.90. The minimum atomic E-state index is -3.39. The summed E-state index contributed by atoms with van der Waals surface area (Å²) in [6, 6.07) is 10.6. The topological polar surface area (TPSA) is 120 Å². The van der Waals surface area contributed by atoms with E-state index in [1.807, 2.05) is 6.92 Å². The molecule has 28 heavy (non-hydrogen) atoms. The highest BCUT2D eigenvalue weighted by Crippen LogP contribution is 2.16. The molecule has 0 unspecified atom stereocenters. The summed E-state index contributed by atoms with van der Waals surface area (Å²) in [5.41, 5.74) is 1.89. The van der Waals surface area contributed by atoms with Crippen LogP contribution in [0.25, 0.3) is 11.0 Å². The highest BCUT2D eigenvalue weighted by atomic mass is 32.2. The van der Waals surface area contributed by atoms with E-state index in [1.165, 1.54) is 18.2 Å². The molecular formula is C18H18N4O5S. The molecule has 0 saturated carbocycles. The van der Waals surface area contributed by atoms with Crippen molar-refractivity contribution in [2.24, 2.45) is 0 Å². The number of amides is 1. The molecule has 0 saturated heterocycles. The van der Waals surface area contributed by atoms with Gasteiger partial charge in [-0.15, -0.1) is 5.10 Å². The first-order chi connectivity index (χ1) is 13.3. The minimum Gasteiger partial charge on any atom is -0.452 e. The number of carbonyl (C=O) groups is 2. The average Bonchev–Trinajstić information content (AvgIpc) is 3.08. The summed E-state index contributed by atoms with van der Waals surface area (Å²) in [5.74, 6) is -1.26. The van der Waals surface area contributed by atoms with Crippen LogP contribution in [0.5, 0.6) is 0 Å². The van der Waals surface area contributed by atoms with Crippen LogP contribution >= 0.6 is 0 Å². The standard InChI is InChI=1S/C18H18N4O5S/c1-3-22-16-8-7-12(9-15(16)20-21-22)18(24)27-11-17(23)19-13-5-4-6-14(10-13)28(2,25)26/h4-10H,3,11H2,1-2H3,(H,19,23). The predicted octanol–water partition coefficient (Wildman–Crippen LogP) is 1.65. The number of benzene rings is 2. The molecule has 1 heterocycles. The SMILES string of the molecule is CCn1nnc2cc(C(=O)OCC(=O)Nc3cccc(S(C)(=O)=O)c3)ccc21. The van der Waals surface area contributed by atoms with Crippen molar-refractivity contribution in [2.75, 3.05) is 18.2 Å². The second kappa shape index (κ2) is 7.77. The van der Waals surface area contributed by atoms with E-state index in [0.29, 0.717) is 17.7 Å². The molecule has 0 aliphatic heterocycles. The maximum absolute atomic E-state index is 12.2. The number of rotatable bonds is 6. The lowest BCUT2D eigenvalue weighted by atomic mass is 10.2. The second-order valence-electron chi connectivity index (χ2n) is 6.03. The van der Waals surface area contributed by atoms with Crippen molar-refractivity contribution < 1.29 is 22.7 Å². The summed E-state index contributed by atoms with van der Waals surface area (Å²) in [4.78, 5) is 24.3. The molecular weight excluding hydrogens is 384 g/mol. The van der Waals surface area contributed by atoms with E-state index >= 15 is 0 Å². The third-order valence-corrected chi connectivity index (χ3v) is 5.04. The zero-order valence-electron chi connectivity index (χ0n) is 15.2. The molecule has 3 aromatic rings. The van der Waals surface area contributed by atoms with Gasteiger partial charge < -0.3 is 10.1 Å². The van der Waals surface area contributed by atoms with Crippen LogP contribution in [0.3, 0.4) is 0 Å². The summed E-state index contributed by atoms with van der Waals surface area (Å²) >= 11 is 0. The number of carbonyl (C=O) groups excluding carboxylic acids is 2. The van der Waals surface area contributed by atoms with E-state index in [2.05, 4.69) is 15.6 Å². The van der Waals surface area contributed by atoms with Gasteiger partial charge in [-0.1, -0.05) is 11.3 Å². The van der Waals surface area contributed by atoms with Crippen LogP contribution in [0.1, 0.15) is 17.3 Å². The molecule has 0 bridgehead atoms. The van der Waals surface area contributed by atoms with Crippen LogP contribution in [-0.4, -0.2) is 48.2 Å². The number of hydrogen-bond acceptors (Lipinski definition) is 7. The van der Waals surface area contributed by atoms with E-state index in [-0.39, 0.29) is 10.5 Å². The Morgan fingerprint density at radius 3 is 2.68 bits per heavy atom. The zero-order valence-corrected chi connectivity index (χ0v) is 16.1. The molecule has 1 aromatic heterocycles. The van der Waals surface area contributed by atoms with Gasteiger partial charge in [-0.05, 0) is 43.3 Å². The third kappa shape index (κ3) is 4.34. The number of anilines is 1. The number of sulfone groups is 1. The van der Waals surface area contributed by atoms with Crippen LogP contribution in [0, 0.1) is 0 Å². The lowest BCUT2D eigenvalue weighted by molar-refractivity contribution is -0.119. The van der Waals surface area contributed by atoms with Crippen molar-refractivity contribution >= 4 is 38.4 Å². The molecule has 0 atom stereocenters. The van der Waals surface area contributed by atoms with Crippen LogP contribution < -0.4 is 5.32 Å². The number of ether oxygens (including phenoxy) is 1. The fraction of sp³-hybridized carbons (Fsp3) is 0.222. The van der Waals surface area contributed by atoms with E-state index in [9.17, 15) is 18.0 Å². The van der Waals surface area contributed by atoms with Gasteiger partial charge in [-0.3, -0.25) is 4.79 Å². The van der Waals surface area contributed by atoms with E-state index in [0.717, 1.165) is 11.8 Å². The summed E-state index contributed by atoms with van der Waals surface area (Å²) in [6.07, 6.45) is 1.08. The van der Waals surface area contributed by atoms with Crippen molar-refractivity contribution in [3.63, 3.8) is 0 Å². The maximum atomic E-state index is 12.2. The second-order valence-corrected chi connectivity index (χ2v) is 8.05. The fourth-order valence-corrected chi connectivity index (χ4v) is 3.22. The monoisotopic (exact) mass is 402 g/mol. The van der Waals surface area contributed by atoms with Crippen LogP contribution in [0.2, 0.25) is 0 Å². The van der Waals surface area contributed by atoms with Crippen molar-refractivity contribution in [1.29, 1.82) is 0 Å². The largest absolute Gasteiger partial charge is 0.452 e. The Labute approximate surface area is 161 Å². The smallest absolute Gasteiger partial charge is 0.338 e. The van der Waals surface area contributed by atoms with Crippen molar-refractivity contribution in [2.45, 2.75) is 18.4 Å². The lowest BCUT2D eigenvalue weighted by Crippen LogP contribution is -2.21. The Morgan fingerprint density at radius 2 is 1.96 bits per heavy atom. The third-order valence-electron chi connectivity index (χ3n) is 3.93. The van der Waals surface area contributed by atoms with E-state index < -0.39 is 28.3 Å². The quantitative estimate of drug-likeness (QED) is 0.622. The van der Waals surface area contributed by atoms with Gasteiger partial charge in [0.1, 0.15) is 5.52 Å². The molecule has 0 fully saturated rings. The lowest BCUT2D eigenvalue weighted by Gasteiger charge is -2.08. The molecule has 0 aliphatic rings. The molecule has 9 nitrogen and oxygen atoms in total. The number of esters is 1. The van der Waals surface area contributed by atoms with Gasteiger partial charge in [-0.25, -0.2) is 17.9 Å². The number of hydrogen-bond donors (Lipinski definition) is 1. The average molecular weight is 402 g/mol. The molecule has 2 aromatic carbocycles. The molecule has 1 N–H and O–H groups in total. The Kier molecular flexibility index (Phi) is 5.41. The molecule has 0 aliphatic carbocycles. The normalized spacial score (nSPS) is 11.4. The van der Waals surface area contributed by atoms with Gasteiger partial charge in [0.05, 0.1) is 16.0 Å². The van der Waals surface area contributed by atoms with Crippen molar-refractivity contribution in [3.8, 4) is 0 Å². The molecule has 3 rings (SSSR count). The number of aryl methyl sites for hydroxylation is 1. The fourth-order valence-electron chi connectivity index (χ4n) is 2.55. The zero-order chi connectivity index (χ0) is 20.3. The molecule has 1 amide bonds. The summed E-state index contributed by atoms with van der Waals surface area (Å²) in [6.45, 7) is 2.07. The van der Waals surface area contributed by atoms with Crippen molar-refractivity contribution in [1.82, 2.24) is 15.0 Å². The van der Waals surface area contributed by atoms with Crippen molar-refractivity contribution in [3.05, 3.63) is 48.0 Å². The summed E-state index contributed by atoms with van der Waals surface area (Å²) < 4.78 is 29.8. The maximum Gasteiger partial charge on any atom is 0.338 e. The minimum absolute atomic E-state index is 0.0794. The van der Waals surface area contributed by atoms with Gasteiger partial charge in [0, 0.05) is 18.5 Å². The summed E-state index contributed by atoms with van der Waals surface area (Å²) in [5, 5.41) is 10.5. The Bertz CT molecular complexity index is 1150. The van der Waals surface area contributed by atoms with Gasteiger partial charge >= 0.3 is 5.97 Å². The molecule has 0 spiro atoms. The number of aromatic nitrogens is 3. The van der Waals surface area contributed by atoms with Crippen LogP contribution in [0.15, 0.2) is 47.4 Å². The number of nitrogens with one attached hydrogen (secondary N) is 1. The Morgan fingerprint density at radius 1 is 1.18 bits per heavy atom. The van der Waals surface area contributed by atoms with Crippen LogP contribution in [-0.2, 0) is 25.9 Å². The first-order valence-electron chi connectivity index (χ1n) is 8.38. The van der Waals surface area contributed by atoms with Crippen LogP contribution in [0.4, 0.5) is 5.69 Å². The first-order valence-corrected chi connectivity index (χ1v) is 10.3. The Hall–Kier alpha value is -3.27. The number of fused-ring (bicyclic) bond motifs is 1. The number of nitrogens with zero attached hydrogens (tertiary/aromatic N) is 3. The van der Waals surface area contributed by atoms with E-state index in [1.54, 1.807) is 28.9 Å². The first kappa shape index (κ1) is 19.5. The molecule has 146 valence electrons. The molecule has 10 heteroatoms. The predicted molar refractivity (Wildman–Crippen MR) is 102 cm³/mol. The van der Waals surface area contributed by atoms with Gasteiger partial charge in [0.15, 0.2) is 16.4 Å². The Balaban J connectivity index is 1.62. The van der Waals surface area contributed by atoms with Gasteiger partial charge in [0.25, 0.3) is 5.91 Å². The van der Waals surface area contributed by atoms with Gasteiger partial charge in [-0.2, -0.15) is 0 Å².